The molecule has 1 aliphatic carbocycles. The Morgan fingerprint density at radius 3 is 2.95 bits per heavy atom. The summed E-state index contributed by atoms with van der Waals surface area (Å²) in [4.78, 5) is 25.7. The summed E-state index contributed by atoms with van der Waals surface area (Å²) in [5, 5.41) is 13.4. The lowest BCUT2D eigenvalue weighted by atomic mass is 9.89. The van der Waals surface area contributed by atoms with Crippen LogP contribution in [0.3, 0.4) is 0 Å². The van der Waals surface area contributed by atoms with Crippen LogP contribution < -0.4 is 11.1 Å². The predicted octanol–water partition coefficient (Wildman–Crippen LogP) is 0.869. The fourth-order valence-corrected chi connectivity index (χ4v) is 2.06. The SMILES string of the molecule is CCOC1CC(NC(=O)c2cc([N+](=O)[O-])cnc2N)C1. The second-order valence-electron chi connectivity index (χ2n) is 4.60. The number of nitrogens with zero attached hydrogens (tertiary/aromatic N) is 2. The van der Waals surface area contributed by atoms with Gasteiger partial charge in [0.15, 0.2) is 0 Å². The molecule has 108 valence electrons. The van der Waals surface area contributed by atoms with Crippen molar-refractivity contribution in [1.29, 1.82) is 0 Å². The number of amides is 1. The zero-order chi connectivity index (χ0) is 14.7. The van der Waals surface area contributed by atoms with Crippen molar-refractivity contribution in [3.05, 3.63) is 27.9 Å². The summed E-state index contributed by atoms with van der Waals surface area (Å²) in [7, 11) is 0. The van der Waals surface area contributed by atoms with Crippen molar-refractivity contribution >= 4 is 17.4 Å². The van der Waals surface area contributed by atoms with E-state index in [1.807, 2.05) is 6.92 Å². The molecule has 0 spiro atoms. The second kappa shape index (κ2) is 5.83. The maximum atomic E-state index is 12.0. The average Bonchev–Trinajstić information content (AvgIpc) is 2.36. The van der Waals surface area contributed by atoms with Gasteiger partial charge in [-0.3, -0.25) is 14.9 Å². The molecule has 0 atom stereocenters. The van der Waals surface area contributed by atoms with E-state index in [1.165, 1.54) is 0 Å². The van der Waals surface area contributed by atoms with E-state index < -0.39 is 10.8 Å². The molecule has 0 unspecified atom stereocenters. The van der Waals surface area contributed by atoms with Crippen LogP contribution in [-0.4, -0.2) is 34.6 Å². The van der Waals surface area contributed by atoms with Crippen molar-refractivity contribution in [2.45, 2.75) is 31.9 Å². The topological polar surface area (TPSA) is 120 Å². The predicted molar refractivity (Wildman–Crippen MR) is 71.2 cm³/mol. The van der Waals surface area contributed by atoms with Crippen LogP contribution in [0.5, 0.6) is 0 Å². The lowest BCUT2D eigenvalue weighted by molar-refractivity contribution is -0.385. The molecule has 1 aromatic heterocycles. The van der Waals surface area contributed by atoms with E-state index >= 15 is 0 Å². The Morgan fingerprint density at radius 1 is 1.65 bits per heavy atom. The van der Waals surface area contributed by atoms with Crippen LogP contribution in [0.15, 0.2) is 12.3 Å². The maximum Gasteiger partial charge on any atom is 0.288 e. The van der Waals surface area contributed by atoms with E-state index in [9.17, 15) is 14.9 Å². The lowest BCUT2D eigenvalue weighted by Gasteiger charge is -2.35. The van der Waals surface area contributed by atoms with Crippen LogP contribution >= 0.6 is 0 Å². The first kappa shape index (κ1) is 14.2. The number of rotatable bonds is 5. The van der Waals surface area contributed by atoms with Crippen LogP contribution in [0, 0.1) is 10.1 Å². The molecule has 1 saturated carbocycles. The van der Waals surface area contributed by atoms with Crippen LogP contribution in [0.1, 0.15) is 30.1 Å². The number of nitrogen functional groups attached to an aromatic ring is 1. The van der Waals surface area contributed by atoms with E-state index in [0.29, 0.717) is 6.61 Å². The molecule has 2 rings (SSSR count). The van der Waals surface area contributed by atoms with Crippen LogP contribution in [0.2, 0.25) is 0 Å². The summed E-state index contributed by atoms with van der Waals surface area (Å²) >= 11 is 0. The third kappa shape index (κ3) is 3.02. The van der Waals surface area contributed by atoms with Crippen molar-refractivity contribution in [2.75, 3.05) is 12.3 Å². The van der Waals surface area contributed by atoms with Gasteiger partial charge in [-0.2, -0.15) is 0 Å². The van der Waals surface area contributed by atoms with Gasteiger partial charge in [-0.05, 0) is 19.8 Å². The molecule has 0 bridgehead atoms. The minimum absolute atomic E-state index is 0.0118. The number of nitrogens with two attached hydrogens (primary N) is 1. The van der Waals surface area contributed by atoms with Gasteiger partial charge < -0.3 is 15.8 Å². The molecule has 1 fully saturated rings. The standard InChI is InChI=1S/C12H16N4O4/c1-2-20-9-3-7(4-9)15-12(17)10-5-8(16(18)19)6-14-11(10)13/h5-7,9H,2-4H2,1H3,(H2,13,14)(H,15,17). The summed E-state index contributed by atoms with van der Waals surface area (Å²) in [6.45, 7) is 2.56. The van der Waals surface area contributed by atoms with E-state index in [0.717, 1.165) is 25.1 Å². The molecule has 0 saturated heterocycles. The normalized spacial score (nSPS) is 21.1. The van der Waals surface area contributed by atoms with Gasteiger partial charge in [0.1, 0.15) is 12.0 Å². The van der Waals surface area contributed by atoms with Crippen LogP contribution in [-0.2, 0) is 4.74 Å². The molecule has 1 aliphatic rings. The van der Waals surface area contributed by atoms with E-state index in [2.05, 4.69) is 10.3 Å². The van der Waals surface area contributed by atoms with E-state index in [4.69, 9.17) is 10.5 Å². The van der Waals surface area contributed by atoms with Crippen molar-refractivity contribution in [3.8, 4) is 0 Å². The third-order valence-electron chi connectivity index (χ3n) is 3.19. The van der Waals surface area contributed by atoms with Crippen LogP contribution in [0.25, 0.3) is 0 Å². The highest BCUT2D eigenvalue weighted by molar-refractivity contribution is 5.99. The van der Waals surface area contributed by atoms with Crippen molar-refractivity contribution in [1.82, 2.24) is 10.3 Å². The highest BCUT2D eigenvalue weighted by Crippen LogP contribution is 2.24. The molecule has 0 radical (unpaired) electrons. The van der Waals surface area contributed by atoms with Gasteiger partial charge in [0.2, 0.25) is 0 Å². The molecule has 20 heavy (non-hydrogen) atoms. The minimum Gasteiger partial charge on any atom is -0.383 e. The number of pyridine rings is 1. The van der Waals surface area contributed by atoms with Gasteiger partial charge in [-0.25, -0.2) is 4.98 Å². The molecule has 8 nitrogen and oxygen atoms in total. The smallest absolute Gasteiger partial charge is 0.288 e. The van der Waals surface area contributed by atoms with Gasteiger partial charge in [0.05, 0.1) is 16.6 Å². The Bertz CT molecular complexity index is 528. The molecular weight excluding hydrogens is 264 g/mol. The summed E-state index contributed by atoms with van der Waals surface area (Å²) in [6, 6.07) is 1.15. The first-order valence-corrected chi connectivity index (χ1v) is 6.33. The molecule has 3 N–H and O–H groups in total. The molecular formula is C12H16N4O4. The molecule has 1 amide bonds. The van der Waals surface area contributed by atoms with Crippen LogP contribution in [0.4, 0.5) is 11.5 Å². The number of hydrogen-bond donors (Lipinski definition) is 2. The quantitative estimate of drug-likeness (QED) is 0.609. The zero-order valence-electron chi connectivity index (χ0n) is 11.0. The number of nitro groups is 1. The molecule has 8 heteroatoms. The number of carbonyl (C=O) groups is 1. The van der Waals surface area contributed by atoms with E-state index in [-0.39, 0.29) is 29.2 Å². The Labute approximate surface area is 115 Å². The van der Waals surface area contributed by atoms with Gasteiger partial charge in [-0.15, -0.1) is 0 Å². The maximum absolute atomic E-state index is 12.0. The molecule has 1 heterocycles. The fraction of sp³-hybridized carbons (Fsp3) is 0.500. The van der Waals surface area contributed by atoms with E-state index in [1.54, 1.807) is 0 Å². The monoisotopic (exact) mass is 280 g/mol. The van der Waals surface area contributed by atoms with Gasteiger partial charge in [0, 0.05) is 18.7 Å². The average molecular weight is 280 g/mol. The zero-order valence-corrected chi connectivity index (χ0v) is 11.0. The Morgan fingerprint density at radius 2 is 2.35 bits per heavy atom. The van der Waals surface area contributed by atoms with Crippen molar-refractivity contribution in [2.24, 2.45) is 0 Å². The van der Waals surface area contributed by atoms with Gasteiger partial charge in [0.25, 0.3) is 11.6 Å². The number of anilines is 1. The number of hydrogen-bond acceptors (Lipinski definition) is 6. The fourth-order valence-electron chi connectivity index (χ4n) is 2.06. The largest absolute Gasteiger partial charge is 0.383 e. The third-order valence-corrected chi connectivity index (χ3v) is 3.19. The second-order valence-corrected chi connectivity index (χ2v) is 4.60. The lowest BCUT2D eigenvalue weighted by Crippen LogP contribution is -2.48. The summed E-state index contributed by atoms with van der Waals surface area (Å²) < 4.78 is 5.39. The highest BCUT2D eigenvalue weighted by Gasteiger charge is 2.31. The summed E-state index contributed by atoms with van der Waals surface area (Å²) in [5.41, 5.74) is 5.35. The molecule has 0 aliphatic heterocycles. The molecule has 1 aromatic rings. The number of aromatic nitrogens is 1. The number of carbonyl (C=O) groups excluding carboxylic acids is 1. The minimum atomic E-state index is -0.613. The number of nitrogens with one attached hydrogen (secondary N) is 1. The first-order chi connectivity index (χ1) is 9.51. The number of ether oxygens (including phenoxy) is 1. The van der Waals surface area contributed by atoms with Gasteiger partial charge >= 0.3 is 0 Å². The van der Waals surface area contributed by atoms with Crippen molar-refractivity contribution in [3.63, 3.8) is 0 Å². The highest BCUT2D eigenvalue weighted by atomic mass is 16.6. The Kier molecular flexibility index (Phi) is 4.14. The first-order valence-electron chi connectivity index (χ1n) is 6.33. The molecule has 0 aromatic carbocycles. The van der Waals surface area contributed by atoms with Crippen molar-refractivity contribution < 1.29 is 14.5 Å². The van der Waals surface area contributed by atoms with Gasteiger partial charge in [-0.1, -0.05) is 0 Å². The Hall–Kier alpha value is -2.22. The summed E-state index contributed by atoms with van der Waals surface area (Å²) in [5.74, 6) is -0.465. The summed E-state index contributed by atoms with van der Waals surface area (Å²) in [6.07, 6.45) is 2.68. The Balaban J connectivity index is 1.99.